The average molecular weight is 486 g/mol. The van der Waals surface area contributed by atoms with E-state index in [1.165, 1.54) is 6.92 Å². The molecule has 0 aromatic rings. The summed E-state index contributed by atoms with van der Waals surface area (Å²) in [5.74, 6) is -3.64. The summed E-state index contributed by atoms with van der Waals surface area (Å²) in [7, 11) is 0. The van der Waals surface area contributed by atoms with Crippen molar-refractivity contribution in [3.63, 3.8) is 0 Å². The Morgan fingerprint density at radius 1 is 0.765 bits per heavy atom. The molecule has 0 aromatic carbocycles. The maximum Gasteiger partial charge on any atom is 0.325 e. The van der Waals surface area contributed by atoms with Gasteiger partial charge in [-0.25, -0.2) is 0 Å². The Kier molecular flexibility index (Phi) is 14.1. The van der Waals surface area contributed by atoms with Crippen molar-refractivity contribution in [2.45, 2.75) is 91.9 Å². The van der Waals surface area contributed by atoms with Crippen LogP contribution < -0.4 is 27.0 Å². The first-order valence-corrected chi connectivity index (χ1v) is 11.9. The van der Waals surface area contributed by atoms with Gasteiger partial charge in [-0.15, -0.1) is 0 Å². The van der Waals surface area contributed by atoms with E-state index in [-0.39, 0.29) is 17.8 Å². The van der Waals surface area contributed by atoms with Crippen LogP contribution >= 0.6 is 0 Å². The van der Waals surface area contributed by atoms with Crippen LogP contribution in [0.15, 0.2) is 0 Å². The second kappa shape index (κ2) is 15.3. The van der Waals surface area contributed by atoms with Gasteiger partial charge in [-0.1, -0.05) is 54.4 Å². The fourth-order valence-corrected chi connectivity index (χ4v) is 3.15. The lowest BCUT2D eigenvalue weighted by Gasteiger charge is -2.29. The molecule has 0 aliphatic carbocycles. The smallest absolute Gasteiger partial charge is 0.325 e. The number of carboxylic acids is 1. The molecule has 6 atom stereocenters. The summed E-state index contributed by atoms with van der Waals surface area (Å²) in [6, 6.07) is -3.68. The van der Waals surface area contributed by atoms with E-state index in [9.17, 15) is 24.0 Å². The van der Waals surface area contributed by atoms with Gasteiger partial charge in [0.1, 0.15) is 18.1 Å². The number of aliphatic carboxylic acids is 1. The Hall–Kier alpha value is -2.69. The van der Waals surface area contributed by atoms with Gasteiger partial charge in [0, 0.05) is 0 Å². The molecular weight excluding hydrogens is 442 g/mol. The highest BCUT2D eigenvalue weighted by molar-refractivity contribution is 5.94. The van der Waals surface area contributed by atoms with Crippen LogP contribution in [-0.2, 0) is 24.0 Å². The zero-order valence-corrected chi connectivity index (χ0v) is 21.4. The third kappa shape index (κ3) is 11.0. The summed E-state index contributed by atoms with van der Waals surface area (Å²) in [6.45, 7) is 12.1. The molecule has 7 N–H and O–H groups in total. The molecule has 0 aromatic heterocycles. The molecule has 196 valence electrons. The summed E-state index contributed by atoms with van der Waals surface area (Å²) in [4.78, 5) is 61.2. The fourth-order valence-electron chi connectivity index (χ4n) is 3.15. The van der Waals surface area contributed by atoms with Crippen LogP contribution in [-0.4, -0.2) is 65.4 Å². The predicted molar refractivity (Wildman–Crippen MR) is 128 cm³/mol. The van der Waals surface area contributed by atoms with Crippen LogP contribution in [0.2, 0.25) is 0 Å². The Balaban J connectivity index is 5.35. The number of hydrogen-bond donors (Lipinski definition) is 6. The van der Waals surface area contributed by atoms with E-state index < -0.39 is 60.3 Å². The largest absolute Gasteiger partial charge is 0.480 e. The van der Waals surface area contributed by atoms with Gasteiger partial charge >= 0.3 is 5.97 Å². The molecule has 0 spiro atoms. The second-order valence-corrected chi connectivity index (χ2v) is 9.32. The second-order valence-electron chi connectivity index (χ2n) is 9.32. The number of hydrogen-bond acceptors (Lipinski definition) is 6. The first-order chi connectivity index (χ1) is 15.7. The molecule has 0 aliphatic rings. The molecule has 0 saturated heterocycles. The molecule has 34 heavy (non-hydrogen) atoms. The fraction of sp³-hybridized carbons (Fsp3) is 0.783. The first-order valence-electron chi connectivity index (χ1n) is 11.9. The van der Waals surface area contributed by atoms with Crippen molar-refractivity contribution in [3.05, 3.63) is 0 Å². The quantitative estimate of drug-likeness (QED) is 0.191. The van der Waals surface area contributed by atoms with E-state index in [0.29, 0.717) is 19.3 Å². The van der Waals surface area contributed by atoms with Gasteiger partial charge in [0.25, 0.3) is 0 Å². The Labute approximate surface area is 202 Å². The minimum absolute atomic E-state index is 0.209. The molecule has 0 aliphatic heterocycles. The van der Waals surface area contributed by atoms with E-state index >= 15 is 0 Å². The minimum atomic E-state index is -1.20. The number of amides is 4. The van der Waals surface area contributed by atoms with Gasteiger partial charge < -0.3 is 32.1 Å². The molecule has 11 heteroatoms. The maximum atomic E-state index is 13.1. The first kappa shape index (κ1) is 31.3. The number of nitrogens with one attached hydrogen (secondary N) is 4. The van der Waals surface area contributed by atoms with E-state index in [1.807, 2.05) is 34.6 Å². The van der Waals surface area contributed by atoms with Gasteiger partial charge in [-0.05, 0) is 31.1 Å². The Bertz CT molecular complexity index is 714. The van der Waals surface area contributed by atoms with Crippen molar-refractivity contribution < 1.29 is 29.1 Å². The average Bonchev–Trinajstić information content (AvgIpc) is 2.77. The highest BCUT2D eigenvalue weighted by Crippen LogP contribution is 2.13. The van der Waals surface area contributed by atoms with Crippen LogP contribution in [0, 0.1) is 17.8 Å². The molecule has 0 heterocycles. The maximum absolute atomic E-state index is 13.1. The zero-order chi connectivity index (χ0) is 26.6. The van der Waals surface area contributed by atoms with Crippen LogP contribution in [0.25, 0.3) is 0 Å². The lowest BCUT2D eigenvalue weighted by atomic mass is 9.94. The summed E-state index contributed by atoms with van der Waals surface area (Å²) in [5, 5.41) is 19.0. The highest BCUT2D eigenvalue weighted by atomic mass is 16.4. The number of carboxylic acid groups (broad SMARTS) is 1. The summed E-state index contributed by atoms with van der Waals surface area (Å²) >= 11 is 0. The number of carbonyl (C=O) groups excluding carboxylic acids is 4. The third-order valence-electron chi connectivity index (χ3n) is 5.82. The van der Waals surface area contributed by atoms with Gasteiger partial charge in [0.05, 0.1) is 12.6 Å². The lowest BCUT2D eigenvalue weighted by Crippen LogP contribution is -2.59. The van der Waals surface area contributed by atoms with Gasteiger partial charge in [-0.2, -0.15) is 0 Å². The molecule has 4 amide bonds. The van der Waals surface area contributed by atoms with Crippen molar-refractivity contribution in [1.29, 1.82) is 0 Å². The lowest BCUT2D eigenvalue weighted by molar-refractivity contribution is -0.141. The standard InChI is InChI=1S/C23H43N5O6/c1-8-13(5)18(21(31)25-11-17(29)26-15(7)23(33)34)28-22(32)19(14(6)9-2)27-20(30)16(24)10-12(3)4/h12-16,18-19H,8-11,24H2,1-7H3,(H,25,31)(H,26,29)(H,27,30)(H,28,32)(H,33,34)/t13-,14-,15-,16-,18-,19-/m0/s1. The molecular formula is C23H43N5O6. The Morgan fingerprint density at radius 3 is 1.68 bits per heavy atom. The predicted octanol–water partition coefficient (Wildman–Crippen LogP) is 0.127. The van der Waals surface area contributed by atoms with Crippen molar-refractivity contribution in [2.24, 2.45) is 23.5 Å². The van der Waals surface area contributed by atoms with Gasteiger partial charge in [-0.3, -0.25) is 24.0 Å². The van der Waals surface area contributed by atoms with E-state index in [1.54, 1.807) is 6.92 Å². The molecule has 0 rings (SSSR count). The van der Waals surface area contributed by atoms with Crippen LogP contribution in [0.3, 0.4) is 0 Å². The van der Waals surface area contributed by atoms with Crippen LogP contribution in [0.4, 0.5) is 0 Å². The molecule has 0 saturated carbocycles. The van der Waals surface area contributed by atoms with E-state index in [4.69, 9.17) is 10.8 Å². The molecule has 0 bridgehead atoms. The van der Waals surface area contributed by atoms with Gasteiger partial charge in [0.2, 0.25) is 23.6 Å². The SMILES string of the molecule is CC[C@H](C)[C@H](NC(=O)[C@@H](NC(=O)[C@@H](N)CC(C)C)[C@@H](C)CC)C(=O)NCC(=O)N[C@@H](C)C(=O)O. The van der Waals surface area contributed by atoms with Gasteiger partial charge in [0.15, 0.2) is 0 Å². The molecule has 11 nitrogen and oxygen atoms in total. The number of nitrogens with two attached hydrogens (primary N) is 1. The number of rotatable bonds is 15. The Morgan fingerprint density at radius 2 is 1.24 bits per heavy atom. The van der Waals surface area contributed by atoms with E-state index in [0.717, 1.165) is 0 Å². The van der Waals surface area contributed by atoms with Crippen molar-refractivity contribution in [1.82, 2.24) is 21.3 Å². The van der Waals surface area contributed by atoms with Crippen LogP contribution in [0.5, 0.6) is 0 Å². The summed E-state index contributed by atoms with van der Waals surface area (Å²) in [6.07, 6.45) is 1.65. The third-order valence-corrected chi connectivity index (χ3v) is 5.82. The highest BCUT2D eigenvalue weighted by Gasteiger charge is 2.33. The normalized spacial score (nSPS) is 16.4. The monoisotopic (exact) mass is 485 g/mol. The summed E-state index contributed by atoms with van der Waals surface area (Å²) in [5.41, 5.74) is 5.97. The zero-order valence-electron chi connectivity index (χ0n) is 21.4. The number of carbonyl (C=O) groups is 5. The molecule has 0 radical (unpaired) electrons. The topological polar surface area (TPSA) is 180 Å². The van der Waals surface area contributed by atoms with Crippen molar-refractivity contribution >= 4 is 29.6 Å². The van der Waals surface area contributed by atoms with Crippen LogP contribution in [0.1, 0.15) is 67.7 Å². The van der Waals surface area contributed by atoms with Crippen molar-refractivity contribution in [2.75, 3.05) is 6.54 Å². The minimum Gasteiger partial charge on any atom is -0.480 e. The van der Waals surface area contributed by atoms with Crippen molar-refractivity contribution in [3.8, 4) is 0 Å². The van der Waals surface area contributed by atoms with E-state index in [2.05, 4.69) is 21.3 Å². The molecule has 0 fully saturated rings. The molecule has 0 unspecified atom stereocenters. The summed E-state index contributed by atoms with van der Waals surface area (Å²) < 4.78 is 0.